The maximum Gasteiger partial charge on any atom is 0.251 e. The molecule has 0 unspecified atom stereocenters. The van der Waals surface area contributed by atoms with Crippen molar-refractivity contribution >= 4 is 11.6 Å². The summed E-state index contributed by atoms with van der Waals surface area (Å²) < 4.78 is 1.86. The van der Waals surface area contributed by atoms with Gasteiger partial charge in [0.25, 0.3) is 5.91 Å². The van der Waals surface area contributed by atoms with Gasteiger partial charge in [0.05, 0.1) is 17.6 Å². The molecule has 0 atom stereocenters. The van der Waals surface area contributed by atoms with Gasteiger partial charge in [-0.2, -0.15) is 15.3 Å². The van der Waals surface area contributed by atoms with E-state index in [2.05, 4.69) is 31.6 Å². The highest BCUT2D eigenvalue weighted by atomic mass is 16.1. The largest absolute Gasteiger partial charge is 0.370 e. The molecule has 7 heteroatoms. The quantitative estimate of drug-likeness (QED) is 0.642. The van der Waals surface area contributed by atoms with Crippen molar-refractivity contribution in [1.82, 2.24) is 25.3 Å². The van der Waals surface area contributed by atoms with Gasteiger partial charge in [0, 0.05) is 49.7 Å². The number of nitrogens with zero attached hydrogens (tertiary/aromatic N) is 5. The lowest BCUT2D eigenvalue weighted by Gasteiger charge is -2.17. The first-order valence-corrected chi connectivity index (χ1v) is 9.73. The van der Waals surface area contributed by atoms with Crippen LogP contribution in [-0.2, 0) is 6.54 Å². The summed E-state index contributed by atoms with van der Waals surface area (Å²) in [5, 5.41) is 15.6. The number of rotatable bonds is 7. The molecule has 1 aliphatic heterocycles. The number of amides is 1. The van der Waals surface area contributed by atoms with E-state index in [0.717, 1.165) is 43.0 Å². The summed E-state index contributed by atoms with van der Waals surface area (Å²) in [6, 6.07) is 11.5. The van der Waals surface area contributed by atoms with E-state index in [4.69, 9.17) is 0 Å². The molecule has 3 aromatic rings. The highest BCUT2D eigenvalue weighted by molar-refractivity contribution is 5.95. The number of carbonyl (C=O) groups excluding carboxylic acids is 1. The molecule has 4 rings (SSSR count). The van der Waals surface area contributed by atoms with Gasteiger partial charge in [0.2, 0.25) is 0 Å². The summed E-state index contributed by atoms with van der Waals surface area (Å²) in [6.07, 6.45) is 8.75. The molecule has 0 aliphatic carbocycles. The minimum atomic E-state index is -0.0778. The van der Waals surface area contributed by atoms with Crippen LogP contribution in [0.3, 0.4) is 0 Å². The zero-order valence-corrected chi connectivity index (χ0v) is 15.8. The first-order valence-electron chi connectivity index (χ1n) is 9.73. The average Bonchev–Trinajstić information content (AvgIpc) is 3.45. The van der Waals surface area contributed by atoms with Gasteiger partial charge in [-0.05, 0) is 43.5 Å². The Morgan fingerprint density at radius 3 is 2.86 bits per heavy atom. The maximum absolute atomic E-state index is 12.5. The molecule has 1 N–H and O–H groups in total. The molecule has 0 bridgehead atoms. The van der Waals surface area contributed by atoms with Gasteiger partial charge < -0.3 is 10.2 Å². The number of aromatic nitrogens is 4. The second-order valence-electron chi connectivity index (χ2n) is 6.95. The van der Waals surface area contributed by atoms with Crippen molar-refractivity contribution in [3.8, 4) is 11.3 Å². The summed E-state index contributed by atoms with van der Waals surface area (Å²) in [6.45, 7) is 3.51. The third-order valence-corrected chi connectivity index (χ3v) is 4.94. The summed E-state index contributed by atoms with van der Waals surface area (Å²) in [5.41, 5.74) is 3.41. The summed E-state index contributed by atoms with van der Waals surface area (Å²) in [4.78, 5) is 14.8. The van der Waals surface area contributed by atoms with Crippen LogP contribution in [0.25, 0.3) is 11.3 Å². The molecule has 0 saturated carbocycles. The zero-order chi connectivity index (χ0) is 19.2. The van der Waals surface area contributed by atoms with Gasteiger partial charge in [-0.3, -0.25) is 9.48 Å². The molecule has 1 amide bonds. The van der Waals surface area contributed by atoms with Crippen LogP contribution >= 0.6 is 0 Å². The molecule has 1 fully saturated rings. The van der Waals surface area contributed by atoms with Crippen molar-refractivity contribution in [2.24, 2.45) is 0 Å². The fourth-order valence-corrected chi connectivity index (χ4v) is 3.44. The van der Waals surface area contributed by atoms with E-state index in [1.165, 1.54) is 12.8 Å². The van der Waals surface area contributed by atoms with Crippen molar-refractivity contribution < 1.29 is 4.79 Å². The summed E-state index contributed by atoms with van der Waals surface area (Å²) in [5.74, 6) is -0.0778. The monoisotopic (exact) mass is 376 g/mol. The van der Waals surface area contributed by atoms with Crippen LogP contribution in [0, 0.1) is 0 Å². The Balaban J connectivity index is 1.39. The predicted molar refractivity (Wildman–Crippen MR) is 108 cm³/mol. The number of nitrogens with one attached hydrogen (secondary N) is 1. The molecular weight excluding hydrogens is 352 g/mol. The number of hydrogen-bond acceptors (Lipinski definition) is 5. The van der Waals surface area contributed by atoms with E-state index in [1.54, 1.807) is 6.20 Å². The molecule has 0 spiro atoms. The number of aryl methyl sites for hydroxylation is 1. The minimum absolute atomic E-state index is 0.0778. The zero-order valence-electron chi connectivity index (χ0n) is 15.8. The molecule has 28 heavy (non-hydrogen) atoms. The van der Waals surface area contributed by atoms with Crippen LogP contribution in [0.4, 0.5) is 5.69 Å². The van der Waals surface area contributed by atoms with E-state index < -0.39 is 0 Å². The van der Waals surface area contributed by atoms with Gasteiger partial charge in [0.1, 0.15) is 0 Å². The lowest BCUT2D eigenvalue weighted by Crippen LogP contribution is -2.25. The summed E-state index contributed by atoms with van der Waals surface area (Å²) in [7, 11) is 0. The molecule has 0 radical (unpaired) electrons. The van der Waals surface area contributed by atoms with Gasteiger partial charge in [-0.1, -0.05) is 12.1 Å². The Kier molecular flexibility index (Phi) is 5.61. The first-order chi connectivity index (χ1) is 13.8. The Bertz CT molecular complexity index is 918. The Hall–Kier alpha value is -3.22. The van der Waals surface area contributed by atoms with E-state index >= 15 is 0 Å². The number of carbonyl (C=O) groups is 1. The molecule has 2 aromatic heterocycles. The second kappa shape index (κ2) is 8.65. The van der Waals surface area contributed by atoms with Crippen molar-refractivity contribution in [2.45, 2.75) is 25.8 Å². The van der Waals surface area contributed by atoms with E-state index in [9.17, 15) is 4.79 Å². The Morgan fingerprint density at radius 2 is 2.04 bits per heavy atom. The fourth-order valence-electron chi connectivity index (χ4n) is 3.44. The number of hydrogen-bond donors (Lipinski definition) is 1. The van der Waals surface area contributed by atoms with Gasteiger partial charge in [0.15, 0.2) is 0 Å². The molecule has 1 aliphatic rings. The van der Waals surface area contributed by atoms with Crippen molar-refractivity contribution in [2.75, 3.05) is 24.5 Å². The Labute approximate surface area is 164 Å². The van der Waals surface area contributed by atoms with Crippen molar-refractivity contribution in [3.63, 3.8) is 0 Å². The van der Waals surface area contributed by atoms with Gasteiger partial charge in [-0.15, -0.1) is 0 Å². The van der Waals surface area contributed by atoms with Crippen LogP contribution < -0.4 is 10.2 Å². The maximum atomic E-state index is 12.5. The second-order valence-corrected chi connectivity index (χ2v) is 6.95. The summed E-state index contributed by atoms with van der Waals surface area (Å²) >= 11 is 0. The van der Waals surface area contributed by atoms with E-state index in [1.807, 2.05) is 47.4 Å². The van der Waals surface area contributed by atoms with E-state index in [0.29, 0.717) is 12.1 Å². The van der Waals surface area contributed by atoms with Gasteiger partial charge >= 0.3 is 0 Å². The van der Waals surface area contributed by atoms with Crippen molar-refractivity contribution in [1.29, 1.82) is 0 Å². The third-order valence-electron chi connectivity index (χ3n) is 4.94. The number of anilines is 1. The standard InChI is InChI=1S/C21H24N6O/c28-21(22-8-4-12-27-13-5-9-24-27)18-7-3-6-17(14-18)20-15-19(16-23-25-20)26-10-1-2-11-26/h3,5-7,9,13-16H,1-2,4,8,10-12H2,(H,22,28). The minimum Gasteiger partial charge on any atom is -0.370 e. The fraction of sp³-hybridized carbons (Fsp3) is 0.333. The topological polar surface area (TPSA) is 75.9 Å². The third kappa shape index (κ3) is 4.36. The van der Waals surface area contributed by atoms with Crippen LogP contribution in [0.2, 0.25) is 0 Å². The molecule has 1 saturated heterocycles. The van der Waals surface area contributed by atoms with Crippen LogP contribution in [0.5, 0.6) is 0 Å². The molecular formula is C21H24N6O. The van der Waals surface area contributed by atoms with Crippen LogP contribution in [0.15, 0.2) is 55.0 Å². The highest BCUT2D eigenvalue weighted by Gasteiger charge is 2.14. The van der Waals surface area contributed by atoms with Crippen LogP contribution in [-0.4, -0.2) is 45.5 Å². The normalized spacial score (nSPS) is 13.6. The molecule has 7 nitrogen and oxygen atoms in total. The van der Waals surface area contributed by atoms with Crippen LogP contribution in [0.1, 0.15) is 29.6 Å². The predicted octanol–water partition coefficient (Wildman–Crippen LogP) is 2.76. The smallest absolute Gasteiger partial charge is 0.251 e. The lowest BCUT2D eigenvalue weighted by atomic mass is 10.1. The first kappa shape index (κ1) is 18.2. The van der Waals surface area contributed by atoms with Crippen molar-refractivity contribution in [3.05, 3.63) is 60.6 Å². The number of benzene rings is 1. The molecule has 144 valence electrons. The molecule has 1 aromatic carbocycles. The molecule has 3 heterocycles. The SMILES string of the molecule is O=C(NCCCn1cccn1)c1cccc(-c2cc(N3CCCC3)cnn2)c1. The Morgan fingerprint density at radius 1 is 1.14 bits per heavy atom. The average molecular weight is 376 g/mol. The van der Waals surface area contributed by atoms with Gasteiger partial charge in [-0.25, -0.2) is 0 Å². The van der Waals surface area contributed by atoms with E-state index in [-0.39, 0.29) is 5.91 Å². The lowest BCUT2D eigenvalue weighted by molar-refractivity contribution is 0.0952. The highest BCUT2D eigenvalue weighted by Crippen LogP contribution is 2.24.